The van der Waals surface area contributed by atoms with Crippen molar-refractivity contribution in [3.8, 4) is 11.8 Å². The molecule has 1 N–H and O–H groups in total. The zero-order valence-corrected chi connectivity index (χ0v) is 11.9. The molecular formula is C16H10F2N2O3. The average Bonchev–Trinajstić information content (AvgIpc) is 2.48. The van der Waals surface area contributed by atoms with Crippen molar-refractivity contribution in [2.24, 2.45) is 5.92 Å². The van der Waals surface area contributed by atoms with Crippen molar-refractivity contribution in [3.63, 3.8) is 0 Å². The van der Waals surface area contributed by atoms with Crippen LogP contribution in [0.15, 0.2) is 33.5 Å². The van der Waals surface area contributed by atoms with Crippen LogP contribution in [0.2, 0.25) is 0 Å². The Hall–Kier alpha value is -3.01. The molecule has 1 aliphatic rings. The normalized spacial score (nSPS) is 19.7. The Balaban J connectivity index is 2.34. The summed E-state index contributed by atoms with van der Waals surface area (Å²) in [5.41, 5.74) is -1.09. The van der Waals surface area contributed by atoms with Crippen molar-refractivity contribution in [2.45, 2.75) is 12.8 Å². The summed E-state index contributed by atoms with van der Waals surface area (Å²) in [4.78, 5) is 12.2. The summed E-state index contributed by atoms with van der Waals surface area (Å²) in [5.74, 6) is -4.88. The van der Waals surface area contributed by atoms with Gasteiger partial charge in [-0.15, -0.1) is 0 Å². The fourth-order valence-electron chi connectivity index (χ4n) is 2.69. The molecule has 1 aliphatic heterocycles. The number of benzene rings is 1. The van der Waals surface area contributed by atoms with Crippen molar-refractivity contribution >= 4 is 5.90 Å². The Bertz CT molecular complexity index is 915. The third-order valence-corrected chi connectivity index (χ3v) is 3.68. The van der Waals surface area contributed by atoms with Crippen LogP contribution < -0.4 is 10.4 Å². The minimum absolute atomic E-state index is 0.0175. The Morgan fingerprint density at radius 1 is 1.35 bits per heavy atom. The van der Waals surface area contributed by atoms with E-state index in [-0.39, 0.29) is 22.6 Å². The molecule has 0 bridgehead atoms. The van der Waals surface area contributed by atoms with Gasteiger partial charge in [0, 0.05) is 17.5 Å². The smallest absolute Gasteiger partial charge is 0.343 e. The van der Waals surface area contributed by atoms with E-state index in [1.54, 1.807) is 0 Å². The van der Waals surface area contributed by atoms with Crippen LogP contribution in [0.5, 0.6) is 5.75 Å². The maximum absolute atomic E-state index is 14.2. The van der Waals surface area contributed by atoms with Gasteiger partial charge < -0.3 is 9.15 Å². The second-order valence-corrected chi connectivity index (χ2v) is 5.12. The van der Waals surface area contributed by atoms with E-state index >= 15 is 0 Å². The van der Waals surface area contributed by atoms with Gasteiger partial charge in [-0.3, -0.25) is 5.41 Å². The van der Waals surface area contributed by atoms with E-state index in [0.29, 0.717) is 0 Å². The first kappa shape index (κ1) is 14.9. The highest BCUT2D eigenvalue weighted by Gasteiger charge is 2.41. The number of fused-ring (bicyclic) bond motifs is 1. The molecule has 116 valence electrons. The Morgan fingerprint density at radius 3 is 2.78 bits per heavy atom. The van der Waals surface area contributed by atoms with Gasteiger partial charge in [0.2, 0.25) is 5.90 Å². The van der Waals surface area contributed by atoms with Crippen LogP contribution in [0.4, 0.5) is 8.78 Å². The number of nitrogens with zero attached hydrogens (tertiary/aromatic N) is 1. The van der Waals surface area contributed by atoms with Crippen LogP contribution in [0.25, 0.3) is 0 Å². The quantitative estimate of drug-likeness (QED) is 0.876. The van der Waals surface area contributed by atoms with Crippen LogP contribution in [0.1, 0.15) is 22.8 Å². The number of nitriles is 1. The largest absolute Gasteiger partial charge is 0.441 e. The van der Waals surface area contributed by atoms with E-state index in [2.05, 4.69) is 0 Å². The molecule has 2 heterocycles. The molecule has 1 aromatic carbocycles. The van der Waals surface area contributed by atoms with E-state index in [1.807, 2.05) is 6.07 Å². The zero-order chi connectivity index (χ0) is 16.7. The molecule has 0 radical (unpaired) electrons. The van der Waals surface area contributed by atoms with Gasteiger partial charge in [0.05, 0.1) is 11.6 Å². The summed E-state index contributed by atoms with van der Waals surface area (Å²) in [6.07, 6.45) is 0. The number of ether oxygens (including phenoxy) is 1. The van der Waals surface area contributed by atoms with E-state index in [1.165, 1.54) is 25.1 Å². The lowest BCUT2D eigenvalue weighted by atomic mass is 9.79. The summed E-state index contributed by atoms with van der Waals surface area (Å²) in [5, 5.41) is 17.1. The van der Waals surface area contributed by atoms with E-state index < -0.39 is 35.0 Å². The molecule has 0 amide bonds. The fourth-order valence-corrected chi connectivity index (χ4v) is 2.69. The van der Waals surface area contributed by atoms with E-state index in [9.17, 15) is 18.8 Å². The van der Waals surface area contributed by atoms with Crippen molar-refractivity contribution in [1.29, 1.82) is 10.7 Å². The number of hydrogen-bond donors (Lipinski definition) is 1. The highest BCUT2D eigenvalue weighted by atomic mass is 19.2. The number of aryl methyl sites for hydroxylation is 1. The molecular weight excluding hydrogens is 306 g/mol. The lowest BCUT2D eigenvalue weighted by molar-refractivity contribution is 0.396. The number of nitrogens with one attached hydrogen (secondary N) is 1. The molecule has 3 rings (SSSR count). The summed E-state index contributed by atoms with van der Waals surface area (Å²) in [6.45, 7) is 1.52. The minimum Gasteiger partial charge on any atom is -0.441 e. The molecule has 0 aliphatic carbocycles. The maximum atomic E-state index is 14.2. The fraction of sp³-hybridized carbons (Fsp3) is 0.188. The van der Waals surface area contributed by atoms with Crippen LogP contribution in [0, 0.1) is 41.2 Å². The van der Waals surface area contributed by atoms with Gasteiger partial charge in [-0.2, -0.15) is 5.26 Å². The first-order valence-electron chi connectivity index (χ1n) is 6.68. The Labute approximate surface area is 129 Å². The van der Waals surface area contributed by atoms with Crippen molar-refractivity contribution in [3.05, 3.63) is 63.2 Å². The van der Waals surface area contributed by atoms with Gasteiger partial charge >= 0.3 is 5.63 Å². The maximum Gasteiger partial charge on any atom is 0.343 e. The zero-order valence-electron chi connectivity index (χ0n) is 11.9. The van der Waals surface area contributed by atoms with Crippen molar-refractivity contribution < 1.29 is 17.9 Å². The highest BCUT2D eigenvalue weighted by molar-refractivity contribution is 5.85. The lowest BCUT2D eigenvalue weighted by Gasteiger charge is -2.29. The summed E-state index contributed by atoms with van der Waals surface area (Å²) in [6, 6.07) is 6.67. The van der Waals surface area contributed by atoms with Gasteiger partial charge in [0.15, 0.2) is 11.6 Å². The topological polar surface area (TPSA) is 87.1 Å². The molecule has 0 saturated heterocycles. The van der Waals surface area contributed by atoms with E-state index in [0.717, 1.165) is 6.07 Å². The van der Waals surface area contributed by atoms with Gasteiger partial charge in [-0.25, -0.2) is 13.6 Å². The monoisotopic (exact) mass is 316 g/mol. The number of hydrogen-bond acceptors (Lipinski definition) is 5. The van der Waals surface area contributed by atoms with E-state index in [4.69, 9.17) is 14.6 Å². The molecule has 0 fully saturated rings. The van der Waals surface area contributed by atoms with Crippen LogP contribution in [0.3, 0.4) is 0 Å². The molecule has 0 spiro atoms. The summed E-state index contributed by atoms with van der Waals surface area (Å²) in [7, 11) is 0. The molecule has 0 saturated carbocycles. The minimum atomic E-state index is -1.26. The Kier molecular flexibility index (Phi) is 3.45. The summed E-state index contributed by atoms with van der Waals surface area (Å²) >= 11 is 0. The van der Waals surface area contributed by atoms with Gasteiger partial charge in [0.1, 0.15) is 17.4 Å². The highest BCUT2D eigenvalue weighted by Crippen LogP contribution is 2.41. The van der Waals surface area contributed by atoms with Gasteiger partial charge in [0.25, 0.3) is 0 Å². The molecule has 2 atom stereocenters. The standard InChI is InChI=1S/C16H10F2N2O3/c1-7-5-11-13(16(21)22-7)12(9(6-19)15(20)23-11)8-3-2-4-10(17)14(8)18/h2-5,9,12,20H,1H3. The Morgan fingerprint density at radius 2 is 2.09 bits per heavy atom. The van der Waals surface area contributed by atoms with Crippen LogP contribution in [-0.2, 0) is 0 Å². The average molecular weight is 316 g/mol. The number of rotatable bonds is 1. The second-order valence-electron chi connectivity index (χ2n) is 5.12. The third kappa shape index (κ3) is 2.28. The van der Waals surface area contributed by atoms with Crippen LogP contribution in [-0.4, -0.2) is 5.90 Å². The van der Waals surface area contributed by atoms with Crippen molar-refractivity contribution in [1.82, 2.24) is 0 Å². The van der Waals surface area contributed by atoms with Gasteiger partial charge in [-0.05, 0) is 13.0 Å². The third-order valence-electron chi connectivity index (χ3n) is 3.68. The predicted octanol–water partition coefficient (Wildman–Crippen LogP) is 2.87. The van der Waals surface area contributed by atoms with Crippen molar-refractivity contribution in [2.75, 3.05) is 0 Å². The molecule has 1 aromatic heterocycles. The molecule has 5 nitrogen and oxygen atoms in total. The SMILES string of the molecule is Cc1cc2c(c(=O)o1)C(c1cccc(F)c1F)C(C#N)C(=N)O2. The second kappa shape index (κ2) is 5.32. The van der Waals surface area contributed by atoms with Gasteiger partial charge in [-0.1, -0.05) is 12.1 Å². The lowest BCUT2D eigenvalue weighted by Crippen LogP contribution is -2.35. The first-order valence-corrected chi connectivity index (χ1v) is 6.68. The molecule has 7 heteroatoms. The van der Waals surface area contributed by atoms with Crippen LogP contribution >= 0.6 is 0 Å². The molecule has 2 aromatic rings. The first-order chi connectivity index (χ1) is 10.9. The summed E-state index contributed by atoms with van der Waals surface area (Å²) < 4.78 is 38.0. The molecule has 2 unspecified atom stereocenters. The number of halogens is 2. The predicted molar refractivity (Wildman–Crippen MR) is 75.4 cm³/mol. The molecule has 23 heavy (non-hydrogen) atoms.